The van der Waals surface area contributed by atoms with Crippen LogP contribution in [-0.2, 0) is 32.7 Å². The number of pyridine rings is 1. The Labute approximate surface area is 268 Å². The van der Waals surface area contributed by atoms with E-state index >= 15 is 0 Å². The zero-order valence-corrected chi connectivity index (χ0v) is 26.9. The van der Waals surface area contributed by atoms with Crippen LogP contribution in [0.1, 0.15) is 62.3 Å². The van der Waals surface area contributed by atoms with Crippen LogP contribution >= 0.6 is 0 Å². The SMILES string of the molecule is CCOC(=O)CCN(C(=O)c1ccc2c(c1)nc(CNc1ccc(/C(N)=N/C(C)OC(=O)C(C)CC)cc1)n2C)c1ccccn1. The second-order valence-corrected chi connectivity index (χ2v) is 10.8. The van der Waals surface area contributed by atoms with E-state index in [0.29, 0.717) is 35.4 Å². The van der Waals surface area contributed by atoms with Gasteiger partial charge in [0.1, 0.15) is 17.5 Å². The van der Waals surface area contributed by atoms with Gasteiger partial charge >= 0.3 is 11.9 Å². The molecule has 0 bridgehead atoms. The number of carbonyl (C=O) groups excluding carboxylic acids is 3. The highest BCUT2D eigenvalue weighted by atomic mass is 16.6. The van der Waals surface area contributed by atoms with Crippen LogP contribution in [-0.4, -0.2) is 57.6 Å². The number of fused-ring (bicyclic) bond motifs is 1. The Hall–Kier alpha value is -5.26. The topological polar surface area (TPSA) is 154 Å². The monoisotopic (exact) mass is 627 g/mol. The summed E-state index contributed by atoms with van der Waals surface area (Å²) < 4.78 is 12.4. The number of ether oxygens (including phenoxy) is 2. The van der Waals surface area contributed by atoms with Crippen molar-refractivity contribution in [3.05, 3.63) is 83.8 Å². The van der Waals surface area contributed by atoms with Crippen molar-refractivity contribution in [3.8, 4) is 0 Å². The maximum atomic E-state index is 13.6. The summed E-state index contributed by atoms with van der Waals surface area (Å²) in [7, 11) is 1.92. The van der Waals surface area contributed by atoms with Gasteiger partial charge in [0, 0.05) is 36.6 Å². The number of amides is 1. The van der Waals surface area contributed by atoms with Gasteiger partial charge < -0.3 is 25.1 Å². The summed E-state index contributed by atoms with van der Waals surface area (Å²) in [5, 5.41) is 3.37. The van der Waals surface area contributed by atoms with Gasteiger partial charge in [-0.2, -0.15) is 0 Å². The van der Waals surface area contributed by atoms with Crippen LogP contribution in [0.5, 0.6) is 0 Å². The number of anilines is 2. The molecule has 0 fully saturated rings. The van der Waals surface area contributed by atoms with Crippen molar-refractivity contribution in [3.63, 3.8) is 0 Å². The second kappa shape index (κ2) is 15.6. The number of esters is 2. The Morgan fingerprint density at radius 1 is 1.04 bits per heavy atom. The van der Waals surface area contributed by atoms with Gasteiger partial charge in [0.25, 0.3) is 5.91 Å². The zero-order valence-electron chi connectivity index (χ0n) is 26.9. The van der Waals surface area contributed by atoms with Crippen LogP contribution in [0, 0.1) is 5.92 Å². The van der Waals surface area contributed by atoms with E-state index in [2.05, 4.69) is 15.3 Å². The average molecular weight is 628 g/mol. The molecule has 0 aliphatic rings. The fourth-order valence-corrected chi connectivity index (χ4v) is 4.65. The van der Waals surface area contributed by atoms with Gasteiger partial charge in [0.2, 0.25) is 0 Å². The first-order valence-corrected chi connectivity index (χ1v) is 15.3. The summed E-state index contributed by atoms with van der Waals surface area (Å²) >= 11 is 0. The van der Waals surface area contributed by atoms with Gasteiger partial charge in [-0.1, -0.05) is 19.9 Å². The van der Waals surface area contributed by atoms with E-state index in [-0.39, 0.29) is 49.2 Å². The lowest BCUT2D eigenvalue weighted by Crippen LogP contribution is -2.34. The summed E-state index contributed by atoms with van der Waals surface area (Å²) in [6, 6.07) is 18.1. The minimum Gasteiger partial charge on any atom is -0.466 e. The van der Waals surface area contributed by atoms with Crippen molar-refractivity contribution < 1.29 is 23.9 Å². The van der Waals surface area contributed by atoms with Crippen molar-refractivity contribution in [1.82, 2.24) is 14.5 Å². The molecule has 12 heteroatoms. The number of nitrogens with zero attached hydrogens (tertiary/aromatic N) is 5. The molecule has 0 saturated heterocycles. The Morgan fingerprint density at radius 2 is 1.78 bits per heavy atom. The number of aromatic nitrogens is 3. The average Bonchev–Trinajstić information content (AvgIpc) is 3.38. The van der Waals surface area contributed by atoms with Crippen molar-refractivity contribution in [2.24, 2.45) is 23.7 Å². The molecule has 2 heterocycles. The van der Waals surface area contributed by atoms with Crippen molar-refractivity contribution in [2.45, 2.75) is 53.3 Å². The summed E-state index contributed by atoms with van der Waals surface area (Å²) in [5.41, 5.74) is 9.68. The molecule has 4 rings (SSSR count). The maximum absolute atomic E-state index is 13.6. The fourth-order valence-electron chi connectivity index (χ4n) is 4.65. The highest BCUT2D eigenvalue weighted by Gasteiger charge is 2.22. The first kappa shape index (κ1) is 33.6. The molecule has 0 aliphatic carbocycles. The molecule has 242 valence electrons. The maximum Gasteiger partial charge on any atom is 0.310 e. The molecule has 2 aromatic heterocycles. The van der Waals surface area contributed by atoms with Crippen LogP contribution in [0.2, 0.25) is 0 Å². The molecule has 3 N–H and O–H groups in total. The van der Waals surface area contributed by atoms with Crippen LogP contribution in [0.25, 0.3) is 11.0 Å². The predicted molar refractivity (Wildman–Crippen MR) is 177 cm³/mol. The number of nitrogens with two attached hydrogens (primary N) is 1. The minimum absolute atomic E-state index is 0.0467. The van der Waals surface area contributed by atoms with Crippen LogP contribution in [0.15, 0.2) is 71.9 Å². The highest BCUT2D eigenvalue weighted by molar-refractivity contribution is 6.07. The molecule has 0 radical (unpaired) electrons. The minimum atomic E-state index is -0.685. The van der Waals surface area contributed by atoms with Gasteiger partial charge in [-0.05, 0) is 74.9 Å². The number of amidine groups is 1. The van der Waals surface area contributed by atoms with Gasteiger partial charge in [0.15, 0.2) is 6.23 Å². The van der Waals surface area contributed by atoms with Gasteiger partial charge in [-0.3, -0.25) is 19.3 Å². The molecule has 2 aromatic carbocycles. The summed E-state index contributed by atoms with van der Waals surface area (Å²) in [4.78, 5) is 52.6. The largest absolute Gasteiger partial charge is 0.466 e. The standard InChI is InChI=1S/C34H41N7O5/c1-6-22(3)34(44)46-23(4)38-32(35)24-11-14-26(15-12-24)37-21-30-39-27-20-25(13-16-28(27)40(30)5)33(43)41(19-17-31(42)45-7-2)29-10-8-9-18-36-29/h8-16,18,20,22-23,37H,6-7,17,19,21H2,1-5H3,(H2,35,38). The second-order valence-electron chi connectivity index (χ2n) is 10.8. The van der Waals surface area contributed by atoms with Crippen LogP contribution in [0.4, 0.5) is 11.5 Å². The Balaban J connectivity index is 1.44. The van der Waals surface area contributed by atoms with Crippen molar-refractivity contribution in [1.29, 1.82) is 0 Å². The molecule has 12 nitrogen and oxygen atoms in total. The number of hydrogen-bond donors (Lipinski definition) is 2. The summed E-state index contributed by atoms with van der Waals surface area (Å²) in [6.45, 7) is 8.00. The lowest BCUT2D eigenvalue weighted by molar-refractivity contribution is -0.152. The van der Waals surface area contributed by atoms with E-state index in [1.807, 2.05) is 55.8 Å². The lowest BCUT2D eigenvalue weighted by Gasteiger charge is -2.21. The smallest absolute Gasteiger partial charge is 0.310 e. The Bertz CT molecular complexity index is 1690. The molecule has 0 aliphatic heterocycles. The molecular weight excluding hydrogens is 586 g/mol. The molecule has 4 aromatic rings. The quantitative estimate of drug-likeness (QED) is 0.114. The van der Waals surface area contributed by atoms with E-state index in [0.717, 1.165) is 17.0 Å². The van der Waals surface area contributed by atoms with Crippen molar-refractivity contribution >= 4 is 46.2 Å². The van der Waals surface area contributed by atoms with E-state index in [1.165, 1.54) is 4.90 Å². The fraction of sp³-hybridized carbons (Fsp3) is 0.353. The van der Waals surface area contributed by atoms with E-state index in [9.17, 15) is 14.4 Å². The normalized spacial score (nSPS) is 12.8. The van der Waals surface area contributed by atoms with Crippen molar-refractivity contribution in [2.75, 3.05) is 23.4 Å². The molecule has 2 atom stereocenters. The first-order chi connectivity index (χ1) is 22.1. The number of aliphatic imine (C=N–C) groups is 1. The lowest BCUT2D eigenvalue weighted by atomic mass is 10.1. The number of nitrogens with one attached hydrogen (secondary N) is 1. The Kier molecular flexibility index (Phi) is 11.4. The first-order valence-electron chi connectivity index (χ1n) is 15.3. The third-order valence-corrected chi connectivity index (χ3v) is 7.49. The molecule has 46 heavy (non-hydrogen) atoms. The van der Waals surface area contributed by atoms with E-state index < -0.39 is 6.23 Å². The Morgan fingerprint density at radius 3 is 2.46 bits per heavy atom. The number of benzene rings is 2. The molecule has 0 spiro atoms. The van der Waals surface area contributed by atoms with E-state index in [1.54, 1.807) is 50.4 Å². The van der Waals surface area contributed by atoms with E-state index in [4.69, 9.17) is 20.2 Å². The van der Waals surface area contributed by atoms with Crippen LogP contribution in [0.3, 0.4) is 0 Å². The molecule has 0 saturated carbocycles. The molecule has 2 unspecified atom stereocenters. The summed E-state index contributed by atoms with van der Waals surface area (Å²) in [6.07, 6.45) is 1.66. The number of rotatable bonds is 14. The van der Waals surface area contributed by atoms with Gasteiger partial charge in [0.05, 0.1) is 36.5 Å². The van der Waals surface area contributed by atoms with Crippen LogP contribution < -0.4 is 16.0 Å². The summed E-state index contributed by atoms with van der Waals surface area (Å²) in [5.74, 6) is 0.330. The third-order valence-electron chi connectivity index (χ3n) is 7.49. The van der Waals surface area contributed by atoms with Gasteiger partial charge in [-0.15, -0.1) is 0 Å². The molecule has 1 amide bonds. The number of carbonyl (C=O) groups is 3. The highest BCUT2D eigenvalue weighted by Crippen LogP contribution is 2.21. The third kappa shape index (κ3) is 8.46. The number of aryl methyl sites for hydroxylation is 1. The number of imidazole rings is 1. The van der Waals surface area contributed by atoms with Gasteiger partial charge in [-0.25, -0.2) is 15.0 Å². The molecular formula is C34H41N7O5. The zero-order chi connectivity index (χ0) is 33.2. The predicted octanol–water partition coefficient (Wildman–Crippen LogP) is 4.82. The number of hydrogen-bond acceptors (Lipinski definition) is 9.